The lowest BCUT2D eigenvalue weighted by molar-refractivity contribution is 0.598. The van der Waals surface area contributed by atoms with Gasteiger partial charge in [0, 0.05) is 0 Å². The van der Waals surface area contributed by atoms with E-state index in [4.69, 9.17) is 16.9 Å². The van der Waals surface area contributed by atoms with E-state index >= 15 is 0 Å². The van der Waals surface area contributed by atoms with Crippen molar-refractivity contribution in [2.75, 3.05) is 4.72 Å². The molecule has 0 heterocycles. The van der Waals surface area contributed by atoms with Crippen LogP contribution in [0.5, 0.6) is 0 Å². The Morgan fingerprint density at radius 3 is 2.62 bits per heavy atom. The van der Waals surface area contributed by atoms with Crippen LogP contribution in [0.3, 0.4) is 0 Å². The summed E-state index contributed by atoms with van der Waals surface area (Å²) in [6.45, 7) is 1.71. The van der Waals surface area contributed by atoms with Crippen LogP contribution in [-0.2, 0) is 10.0 Å². The van der Waals surface area contributed by atoms with E-state index in [9.17, 15) is 12.8 Å². The number of sulfonamides is 1. The van der Waals surface area contributed by atoms with Crippen molar-refractivity contribution in [1.29, 1.82) is 5.26 Å². The van der Waals surface area contributed by atoms with Crippen LogP contribution in [0.4, 0.5) is 10.1 Å². The van der Waals surface area contributed by atoms with Crippen molar-refractivity contribution < 1.29 is 12.8 Å². The predicted molar refractivity (Wildman–Crippen MR) is 78.1 cm³/mol. The SMILES string of the molecule is Cc1ccc(F)c(NS(=O)(=O)c2cc(C#N)ccc2Cl)c1. The summed E-state index contributed by atoms with van der Waals surface area (Å²) < 4.78 is 40.4. The second kappa shape index (κ2) is 5.72. The average molecular weight is 325 g/mol. The van der Waals surface area contributed by atoms with E-state index in [1.807, 2.05) is 6.07 Å². The number of nitrogens with zero attached hydrogens (tertiary/aromatic N) is 1. The molecule has 1 N–H and O–H groups in total. The van der Waals surface area contributed by atoms with E-state index in [-0.39, 0.29) is 21.2 Å². The molecule has 0 unspecified atom stereocenters. The highest BCUT2D eigenvalue weighted by atomic mass is 35.5. The van der Waals surface area contributed by atoms with E-state index in [0.29, 0.717) is 5.56 Å². The first-order valence-electron chi connectivity index (χ1n) is 5.82. The van der Waals surface area contributed by atoms with Gasteiger partial charge in [-0.1, -0.05) is 17.7 Å². The zero-order valence-electron chi connectivity index (χ0n) is 10.9. The second-order valence-corrected chi connectivity index (χ2v) is 6.40. The molecule has 0 aliphatic heterocycles. The van der Waals surface area contributed by atoms with Crippen molar-refractivity contribution >= 4 is 27.3 Å². The summed E-state index contributed by atoms with van der Waals surface area (Å²) in [6.07, 6.45) is 0. The van der Waals surface area contributed by atoms with Crippen molar-refractivity contribution in [2.45, 2.75) is 11.8 Å². The van der Waals surface area contributed by atoms with Gasteiger partial charge in [-0.3, -0.25) is 4.72 Å². The third-order valence-electron chi connectivity index (χ3n) is 2.72. The minimum atomic E-state index is -4.09. The average Bonchev–Trinajstić information content (AvgIpc) is 2.43. The summed E-state index contributed by atoms with van der Waals surface area (Å²) in [6, 6.07) is 9.73. The first-order chi connectivity index (χ1) is 9.83. The van der Waals surface area contributed by atoms with Crippen LogP contribution in [0.2, 0.25) is 5.02 Å². The zero-order valence-corrected chi connectivity index (χ0v) is 12.5. The van der Waals surface area contributed by atoms with Crippen LogP contribution in [0.25, 0.3) is 0 Å². The highest BCUT2D eigenvalue weighted by Crippen LogP contribution is 2.26. The maximum Gasteiger partial charge on any atom is 0.263 e. The standard InChI is InChI=1S/C14H10ClFN2O2S/c1-9-2-5-12(16)13(6-9)18-21(19,20)14-7-10(8-17)3-4-11(14)15/h2-7,18H,1H3. The molecule has 108 valence electrons. The molecule has 0 aromatic heterocycles. The summed E-state index contributed by atoms with van der Waals surface area (Å²) in [5.41, 5.74) is 0.670. The summed E-state index contributed by atoms with van der Waals surface area (Å²) in [5, 5.41) is 8.77. The molecule has 0 atom stereocenters. The number of anilines is 1. The third-order valence-corrected chi connectivity index (χ3v) is 4.56. The fourth-order valence-electron chi connectivity index (χ4n) is 1.70. The monoisotopic (exact) mass is 324 g/mol. The van der Waals surface area contributed by atoms with Gasteiger partial charge in [-0.05, 0) is 42.8 Å². The number of halogens is 2. The molecule has 0 saturated heterocycles. The lowest BCUT2D eigenvalue weighted by atomic mass is 10.2. The first-order valence-corrected chi connectivity index (χ1v) is 7.68. The smallest absolute Gasteiger partial charge is 0.263 e. The number of hydrogen-bond donors (Lipinski definition) is 1. The number of nitriles is 1. The van der Waals surface area contributed by atoms with Crippen molar-refractivity contribution in [3.05, 3.63) is 58.4 Å². The molecular formula is C14H10ClFN2O2S. The minimum Gasteiger partial charge on any atom is -0.277 e. The minimum absolute atomic E-state index is 0.0467. The molecular weight excluding hydrogens is 315 g/mol. The van der Waals surface area contributed by atoms with E-state index in [0.717, 1.165) is 6.07 Å². The maximum atomic E-state index is 13.6. The lowest BCUT2D eigenvalue weighted by Gasteiger charge is -2.11. The Bertz CT molecular complexity index is 845. The number of benzene rings is 2. The van der Waals surface area contributed by atoms with Gasteiger partial charge in [0.2, 0.25) is 0 Å². The second-order valence-electron chi connectivity index (χ2n) is 4.35. The van der Waals surface area contributed by atoms with Crippen molar-refractivity contribution in [1.82, 2.24) is 0 Å². The van der Waals surface area contributed by atoms with Crippen LogP contribution in [0, 0.1) is 24.1 Å². The summed E-state index contributed by atoms with van der Waals surface area (Å²) in [5.74, 6) is -0.697. The quantitative estimate of drug-likeness (QED) is 0.940. The van der Waals surface area contributed by atoms with Gasteiger partial charge in [0.05, 0.1) is 22.3 Å². The lowest BCUT2D eigenvalue weighted by Crippen LogP contribution is -2.14. The largest absolute Gasteiger partial charge is 0.277 e. The Kier molecular flexibility index (Phi) is 4.16. The molecule has 7 heteroatoms. The number of rotatable bonds is 3. The van der Waals surface area contributed by atoms with Gasteiger partial charge in [0.15, 0.2) is 0 Å². The maximum absolute atomic E-state index is 13.6. The van der Waals surface area contributed by atoms with Crippen LogP contribution >= 0.6 is 11.6 Å². The molecule has 4 nitrogen and oxygen atoms in total. The van der Waals surface area contributed by atoms with Crippen molar-refractivity contribution in [3.63, 3.8) is 0 Å². The summed E-state index contributed by atoms with van der Waals surface area (Å²) in [4.78, 5) is -0.274. The Morgan fingerprint density at radius 1 is 1.24 bits per heavy atom. The first kappa shape index (κ1) is 15.3. The van der Waals surface area contributed by atoms with Gasteiger partial charge in [-0.2, -0.15) is 5.26 Å². The molecule has 0 radical (unpaired) electrons. The topological polar surface area (TPSA) is 70.0 Å². The molecule has 0 aliphatic carbocycles. The van der Waals surface area contributed by atoms with Crippen molar-refractivity contribution in [3.8, 4) is 6.07 Å². The predicted octanol–water partition coefficient (Wildman–Crippen LogP) is 3.46. The number of hydrogen-bond acceptors (Lipinski definition) is 3. The van der Waals surface area contributed by atoms with Gasteiger partial charge in [0.25, 0.3) is 10.0 Å². The number of aryl methyl sites for hydroxylation is 1. The summed E-state index contributed by atoms with van der Waals surface area (Å²) >= 11 is 5.85. The van der Waals surface area contributed by atoms with Crippen LogP contribution in [0.1, 0.15) is 11.1 Å². The molecule has 0 saturated carbocycles. The Balaban J connectivity index is 2.48. The van der Waals surface area contributed by atoms with Gasteiger partial charge in [0.1, 0.15) is 10.7 Å². The normalized spacial score (nSPS) is 11.0. The molecule has 21 heavy (non-hydrogen) atoms. The van der Waals surface area contributed by atoms with E-state index in [2.05, 4.69) is 4.72 Å². The zero-order chi connectivity index (χ0) is 15.6. The highest BCUT2D eigenvalue weighted by molar-refractivity contribution is 7.92. The van der Waals surface area contributed by atoms with Gasteiger partial charge in [-0.15, -0.1) is 0 Å². The third kappa shape index (κ3) is 3.32. The molecule has 2 rings (SSSR count). The van der Waals surface area contributed by atoms with E-state index in [1.165, 1.54) is 30.3 Å². The highest BCUT2D eigenvalue weighted by Gasteiger charge is 2.20. The molecule has 2 aromatic rings. The Hall–Kier alpha value is -2.10. The summed E-state index contributed by atoms with van der Waals surface area (Å²) in [7, 11) is -4.09. The van der Waals surface area contributed by atoms with Gasteiger partial charge in [-0.25, -0.2) is 12.8 Å². The van der Waals surface area contributed by atoms with E-state index in [1.54, 1.807) is 6.92 Å². The molecule has 2 aromatic carbocycles. The van der Waals surface area contributed by atoms with Gasteiger partial charge < -0.3 is 0 Å². The molecule has 0 fully saturated rings. The molecule has 0 amide bonds. The van der Waals surface area contributed by atoms with Crippen molar-refractivity contribution in [2.24, 2.45) is 0 Å². The fourth-order valence-corrected chi connectivity index (χ4v) is 3.28. The molecule has 0 aliphatic rings. The molecule has 0 spiro atoms. The number of nitrogens with one attached hydrogen (secondary N) is 1. The Morgan fingerprint density at radius 2 is 1.95 bits per heavy atom. The molecule has 0 bridgehead atoms. The van der Waals surface area contributed by atoms with E-state index < -0.39 is 15.8 Å². The fraction of sp³-hybridized carbons (Fsp3) is 0.0714. The van der Waals surface area contributed by atoms with Crippen LogP contribution < -0.4 is 4.72 Å². The van der Waals surface area contributed by atoms with Crippen LogP contribution in [0.15, 0.2) is 41.3 Å². The van der Waals surface area contributed by atoms with Crippen LogP contribution in [-0.4, -0.2) is 8.42 Å². The van der Waals surface area contributed by atoms with Gasteiger partial charge >= 0.3 is 0 Å². The Labute approximate surface area is 126 Å².